The third-order valence-corrected chi connectivity index (χ3v) is 7.23. The maximum Gasteiger partial charge on any atom is 0.410 e. The van der Waals surface area contributed by atoms with Crippen LogP contribution >= 0.6 is 11.6 Å². The number of fused-ring (bicyclic) bond motifs is 3. The number of rotatable bonds is 3. The van der Waals surface area contributed by atoms with Crippen LogP contribution in [0.15, 0.2) is 24.3 Å². The van der Waals surface area contributed by atoms with Gasteiger partial charge in [0.2, 0.25) is 0 Å². The normalized spacial score (nSPS) is 17.7. The molecule has 2 aliphatic rings. The highest BCUT2D eigenvalue weighted by molar-refractivity contribution is 6.31. The van der Waals surface area contributed by atoms with E-state index in [4.69, 9.17) is 21.1 Å². The number of carbonyl (C=O) groups excluding carboxylic acids is 2. The molecule has 1 fully saturated rings. The molecule has 37 heavy (non-hydrogen) atoms. The van der Waals surface area contributed by atoms with Crippen LogP contribution in [0, 0.1) is 13.8 Å². The minimum absolute atomic E-state index is 0.131. The van der Waals surface area contributed by atoms with Crippen molar-refractivity contribution in [3.8, 4) is 5.75 Å². The van der Waals surface area contributed by atoms with Gasteiger partial charge in [0.1, 0.15) is 17.5 Å². The van der Waals surface area contributed by atoms with Crippen molar-refractivity contribution >= 4 is 29.2 Å². The number of aromatic nitrogens is 3. The highest BCUT2D eigenvalue weighted by Gasteiger charge is 2.33. The number of halogens is 1. The van der Waals surface area contributed by atoms with Crippen LogP contribution in [0.5, 0.6) is 5.75 Å². The van der Waals surface area contributed by atoms with Crippen LogP contribution < -0.4 is 4.74 Å². The Labute approximate surface area is 221 Å². The summed E-state index contributed by atoms with van der Waals surface area (Å²) in [4.78, 5) is 34.3. The van der Waals surface area contributed by atoms with Crippen molar-refractivity contribution < 1.29 is 19.1 Å². The molecule has 0 unspecified atom stereocenters. The topological polar surface area (TPSA) is 89.3 Å². The number of nitrogens with zero attached hydrogens (tertiary/aromatic N) is 5. The largest absolute Gasteiger partial charge is 0.488 e. The van der Waals surface area contributed by atoms with Gasteiger partial charge < -0.3 is 19.3 Å². The zero-order valence-electron chi connectivity index (χ0n) is 21.9. The van der Waals surface area contributed by atoms with E-state index in [1.165, 1.54) is 0 Å². The van der Waals surface area contributed by atoms with Gasteiger partial charge in [0.05, 0.1) is 47.3 Å². The Kier molecular flexibility index (Phi) is 6.52. The van der Waals surface area contributed by atoms with Gasteiger partial charge in [-0.05, 0) is 59.6 Å². The predicted octanol–water partition coefficient (Wildman–Crippen LogP) is 4.93. The minimum atomic E-state index is -0.557. The highest BCUT2D eigenvalue weighted by Crippen LogP contribution is 2.32. The lowest BCUT2D eigenvalue weighted by Gasteiger charge is -2.34. The molecular weight excluding hydrogens is 494 g/mol. The highest BCUT2D eigenvalue weighted by atomic mass is 35.5. The second-order valence-electron chi connectivity index (χ2n) is 10.7. The molecule has 0 N–H and O–H groups in total. The van der Waals surface area contributed by atoms with Gasteiger partial charge in [-0.15, -0.1) is 0 Å². The Balaban J connectivity index is 1.32. The van der Waals surface area contributed by atoms with Crippen molar-refractivity contribution in [3.05, 3.63) is 57.5 Å². The number of para-hydroxylation sites is 1. The van der Waals surface area contributed by atoms with Crippen molar-refractivity contribution in [2.45, 2.75) is 72.3 Å². The zero-order chi connectivity index (χ0) is 26.5. The number of aryl methyl sites for hydroxylation is 2. The molecule has 2 amide bonds. The standard InChI is InChI=1S/C27H32ClN5O4/c1-16-23(28)17(2)33-24(29-16)20-14-32(15-21(20)30-33)25(34)19-10-6-7-11-22(19)36-18-9-8-12-31(13-18)26(35)37-27(3,4)5/h6-7,10-11,18H,8-9,12-15H2,1-5H3/t18-/m0/s1. The fourth-order valence-electron chi connectivity index (χ4n) is 4.88. The lowest BCUT2D eigenvalue weighted by Crippen LogP contribution is -2.46. The lowest BCUT2D eigenvalue weighted by atomic mass is 10.1. The van der Waals surface area contributed by atoms with Crippen LogP contribution in [0.1, 0.15) is 66.6 Å². The fraction of sp³-hybridized carbons (Fsp3) is 0.481. The quantitative estimate of drug-likeness (QED) is 0.481. The molecule has 9 nitrogen and oxygen atoms in total. The van der Waals surface area contributed by atoms with Crippen molar-refractivity contribution in [2.24, 2.45) is 0 Å². The molecule has 2 aliphatic heterocycles. The van der Waals surface area contributed by atoms with Gasteiger partial charge in [-0.2, -0.15) is 5.10 Å². The first-order valence-electron chi connectivity index (χ1n) is 12.6. The number of carbonyl (C=O) groups is 2. The summed E-state index contributed by atoms with van der Waals surface area (Å²) in [5.41, 5.74) is 4.01. The molecule has 0 bridgehead atoms. The number of benzene rings is 1. The zero-order valence-corrected chi connectivity index (χ0v) is 22.6. The summed E-state index contributed by atoms with van der Waals surface area (Å²) < 4.78 is 13.6. The molecule has 0 saturated carbocycles. The van der Waals surface area contributed by atoms with E-state index in [9.17, 15) is 9.59 Å². The van der Waals surface area contributed by atoms with Crippen LogP contribution in [0.25, 0.3) is 5.65 Å². The van der Waals surface area contributed by atoms with Gasteiger partial charge in [-0.25, -0.2) is 14.3 Å². The van der Waals surface area contributed by atoms with E-state index in [0.717, 1.165) is 41.1 Å². The first kappa shape index (κ1) is 25.3. The first-order chi connectivity index (χ1) is 17.5. The Morgan fingerprint density at radius 2 is 1.86 bits per heavy atom. The molecule has 1 atom stereocenters. The third kappa shape index (κ3) is 4.97. The Morgan fingerprint density at radius 1 is 1.11 bits per heavy atom. The van der Waals surface area contributed by atoms with Crippen molar-refractivity contribution in [1.82, 2.24) is 24.4 Å². The van der Waals surface area contributed by atoms with Gasteiger partial charge in [-0.3, -0.25) is 4.79 Å². The molecular formula is C27H32ClN5O4. The van der Waals surface area contributed by atoms with Gasteiger partial charge in [-0.1, -0.05) is 23.7 Å². The molecule has 196 valence electrons. The second-order valence-corrected chi connectivity index (χ2v) is 11.1. The second kappa shape index (κ2) is 9.52. The summed E-state index contributed by atoms with van der Waals surface area (Å²) in [5.74, 6) is 0.382. The van der Waals surface area contributed by atoms with E-state index < -0.39 is 5.60 Å². The molecule has 1 saturated heterocycles. The fourth-order valence-corrected chi connectivity index (χ4v) is 5.00. The van der Waals surface area contributed by atoms with Crippen LogP contribution in [0.4, 0.5) is 4.79 Å². The van der Waals surface area contributed by atoms with Gasteiger partial charge in [0.15, 0.2) is 5.65 Å². The molecule has 4 heterocycles. The first-order valence-corrected chi connectivity index (χ1v) is 13.0. The average molecular weight is 526 g/mol. The Bertz CT molecular complexity index is 1380. The van der Waals surface area contributed by atoms with E-state index in [1.54, 1.807) is 20.4 Å². The van der Waals surface area contributed by atoms with Crippen LogP contribution in [-0.4, -0.2) is 61.2 Å². The van der Waals surface area contributed by atoms with Crippen molar-refractivity contribution in [3.63, 3.8) is 0 Å². The molecule has 3 aromatic rings. The molecule has 10 heteroatoms. The third-order valence-electron chi connectivity index (χ3n) is 6.68. The molecule has 5 rings (SSSR count). The predicted molar refractivity (Wildman–Crippen MR) is 139 cm³/mol. The Hall–Kier alpha value is -3.33. The van der Waals surface area contributed by atoms with E-state index in [1.807, 2.05) is 52.8 Å². The number of likely N-dealkylation sites (tertiary alicyclic amines) is 1. The van der Waals surface area contributed by atoms with Gasteiger partial charge in [0.25, 0.3) is 5.91 Å². The van der Waals surface area contributed by atoms with E-state index in [-0.39, 0.29) is 18.1 Å². The summed E-state index contributed by atoms with van der Waals surface area (Å²) in [7, 11) is 0. The molecule has 0 aliphatic carbocycles. The van der Waals surface area contributed by atoms with Crippen molar-refractivity contribution in [2.75, 3.05) is 13.1 Å². The van der Waals surface area contributed by atoms with Crippen LogP contribution in [0.3, 0.4) is 0 Å². The minimum Gasteiger partial charge on any atom is -0.488 e. The number of ether oxygens (including phenoxy) is 2. The van der Waals surface area contributed by atoms with E-state index in [2.05, 4.69) is 10.1 Å². The van der Waals surface area contributed by atoms with Gasteiger partial charge >= 0.3 is 6.09 Å². The number of hydrogen-bond donors (Lipinski definition) is 0. The lowest BCUT2D eigenvalue weighted by molar-refractivity contribution is 0.00755. The number of piperidine rings is 1. The maximum absolute atomic E-state index is 13.6. The summed E-state index contributed by atoms with van der Waals surface area (Å²) in [6, 6.07) is 7.27. The number of amides is 2. The monoisotopic (exact) mass is 525 g/mol. The smallest absolute Gasteiger partial charge is 0.410 e. The summed E-state index contributed by atoms with van der Waals surface area (Å²) in [6.45, 7) is 11.2. The SMILES string of the molecule is Cc1nc2c3c(nn2c(C)c1Cl)CN(C(=O)c1ccccc1O[C@H]1CCCN(C(=O)OC(C)(C)C)C1)C3. The molecule has 0 radical (unpaired) electrons. The van der Waals surface area contributed by atoms with E-state index in [0.29, 0.717) is 42.5 Å². The van der Waals surface area contributed by atoms with E-state index >= 15 is 0 Å². The average Bonchev–Trinajstić information content (AvgIpc) is 3.41. The summed E-state index contributed by atoms with van der Waals surface area (Å²) in [6.07, 6.45) is 1.03. The van der Waals surface area contributed by atoms with Crippen LogP contribution in [0.2, 0.25) is 5.02 Å². The maximum atomic E-state index is 13.6. The number of hydrogen-bond acceptors (Lipinski definition) is 6. The van der Waals surface area contributed by atoms with Crippen LogP contribution in [-0.2, 0) is 17.8 Å². The molecule has 1 aromatic carbocycles. The summed E-state index contributed by atoms with van der Waals surface area (Å²) >= 11 is 6.36. The molecule has 2 aromatic heterocycles. The Morgan fingerprint density at radius 3 is 2.62 bits per heavy atom. The van der Waals surface area contributed by atoms with Gasteiger partial charge in [0, 0.05) is 12.1 Å². The summed E-state index contributed by atoms with van der Waals surface area (Å²) in [5, 5.41) is 5.28. The molecule has 0 spiro atoms. The van der Waals surface area contributed by atoms with Crippen molar-refractivity contribution in [1.29, 1.82) is 0 Å².